The minimum Gasteiger partial charge on any atom is -0.409 e. The number of hydrogen-bond acceptors (Lipinski definition) is 4. The molecule has 0 aliphatic heterocycles. The van der Waals surface area contributed by atoms with Crippen LogP contribution in [0.15, 0.2) is 5.16 Å². The van der Waals surface area contributed by atoms with E-state index in [1.807, 2.05) is 20.8 Å². The van der Waals surface area contributed by atoms with Gasteiger partial charge in [-0.2, -0.15) is 0 Å². The van der Waals surface area contributed by atoms with Crippen LogP contribution < -0.4 is 11.1 Å². The molecule has 1 amide bonds. The largest absolute Gasteiger partial charge is 0.409 e. The van der Waals surface area contributed by atoms with E-state index in [0.29, 0.717) is 19.4 Å². The highest BCUT2D eigenvalue weighted by Gasteiger charge is 2.41. The van der Waals surface area contributed by atoms with Gasteiger partial charge < -0.3 is 21.0 Å². The van der Waals surface area contributed by atoms with Crippen LogP contribution >= 0.6 is 0 Å². The molecular weight excluding hydrogens is 246 g/mol. The zero-order chi connectivity index (χ0) is 14.9. The molecule has 0 aliphatic rings. The van der Waals surface area contributed by atoms with Gasteiger partial charge in [0.1, 0.15) is 5.41 Å². The summed E-state index contributed by atoms with van der Waals surface area (Å²) in [6.07, 6.45) is 2.68. The molecule has 0 spiro atoms. The van der Waals surface area contributed by atoms with Crippen molar-refractivity contribution >= 4 is 11.7 Å². The molecule has 4 N–H and O–H groups in total. The summed E-state index contributed by atoms with van der Waals surface area (Å²) in [5.41, 5.74) is 4.85. The van der Waals surface area contributed by atoms with Gasteiger partial charge >= 0.3 is 0 Å². The summed E-state index contributed by atoms with van der Waals surface area (Å²) in [4.78, 5) is 12.5. The Labute approximate surface area is 115 Å². The van der Waals surface area contributed by atoms with Crippen molar-refractivity contribution in [3.05, 3.63) is 0 Å². The molecule has 112 valence electrons. The predicted octanol–water partition coefficient (Wildman–Crippen LogP) is 1.47. The number of hydrogen-bond donors (Lipinski definition) is 3. The number of amides is 1. The smallest absolute Gasteiger partial charge is 0.234 e. The Hall–Kier alpha value is -1.30. The van der Waals surface area contributed by atoms with E-state index in [4.69, 9.17) is 15.7 Å². The molecule has 0 aromatic carbocycles. The maximum absolute atomic E-state index is 12.5. The number of carbonyl (C=O) groups is 1. The van der Waals surface area contributed by atoms with Crippen molar-refractivity contribution in [2.45, 2.75) is 52.5 Å². The van der Waals surface area contributed by atoms with Crippen molar-refractivity contribution in [3.8, 4) is 0 Å². The normalized spacial score (nSPS) is 14.2. The highest BCUT2D eigenvalue weighted by Crippen LogP contribution is 2.31. The number of nitrogens with one attached hydrogen (secondary N) is 1. The van der Waals surface area contributed by atoms with Gasteiger partial charge in [0.05, 0.1) is 6.61 Å². The number of nitrogens with two attached hydrogens (primary N) is 1. The van der Waals surface area contributed by atoms with Gasteiger partial charge in [0.15, 0.2) is 5.84 Å². The van der Waals surface area contributed by atoms with E-state index in [9.17, 15) is 4.79 Å². The number of rotatable bonds is 9. The van der Waals surface area contributed by atoms with Gasteiger partial charge in [-0.05, 0) is 19.8 Å². The summed E-state index contributed by atoms with van der Waals surface area (Å²) in [6.45, 7) is 6.23. The first-order valence-corrected chi connectivity index (χ1v) is 6.76. The molecule has 0 fully saturated rings. The summed E-state index contributed by atoms with van der Waals surface area (Å²) in [5, 5.41) is 14.9. The van der Waals surface area contributed by atoms with Crippen LogP contribution in [0.25, 0.3) is 0 Å². The molecule has 0 heterocycles. The van der Waals surface area contributed by atoms with Gasteiger partial charge in [0.2, 0.25) is 5.91 Å². The van der Waals surface area contributed by atoms with Crippen molar-refractivity contribution in [2.24, 2.45) is 16.3 Å². The monoisotopic (exact) mass is 273 g/mol. The highest BCUT2D eigenvalue weighted by molar-refractivity contribution is 6.06. The van der Waals surface area contributed by atoms with Crippen LogP contribution in [-0.2, 0) is 9.53 Å². The molecule has 6 heteroatoms. The van der Waals surface area contributed by atoms with Gasteiger partial charge in [-0.15, -0.1) is 0 Å². The minimum atomic E-state index is -0.930. The lowest BCUT2D eigenvalue weighted by molar-refractivity contribution is -0.129. The second kappa shape index (κ2) is 8.74. The number of carbonyl (C=O) groups excluding carboxylic acids is 1. The lowest BCUT2D eigenvalue weighted by atomic mass is 9.77. The molecular formula is C13H27N3O3. The Morgan fingerprint density at radius 3 is 2.32 bits per heavy atom. The van der Waals surface area contributed by atoms with Crippen molar-refractivity contribution in [3.63, 3.8) is 0 Å². The highest BCUT2D eigenvalue weighted by atomic mass is 16.5. The fourth-order valence-electron chi connectivity index (χ4n) is 2.33. The molecule has 0 saturated heterocycles. The van der Waals surface area contributed by atoms with Gasteiger partial charge in [0, 0.05) is 13.2 Å². The first kappa shape index (κ1) is 17.7. The fraction of sp³-hybridized carbons (Fsp3) is 0.846. The zero-order valence-electron chi connectivity index (χ0n) is 12.4. The van der Waals surface area contributed by atoms with Crippen molar-refractivity contribution < 1.29 is 14.7 Å². The van der Waals surface area contributed by atoms with Crippen LogP contribution in [0, 0.1) is 5.41 Å². The third-order valence-corrected chi connectivity index (χ3v) is 3.18. The maximum atomic E-state index is 12.5. The molecule has 0 aromatic heterocycles. The van der Waals surface area contributed by atoms with E-state index in [2.05, 4.69) is 10.5 Å². The van der Waals surface area contributed by atoms with Crippen LogP contribution in [0.5, 0.6) is 0 Å². The number of ether oxygens (including phenoxy) is 1. The van der Waals surface area contributed by atoms with E-state index < -0.39 is 5.41 Å². The summed E-state index contributed by atoms with van der Waals surface area (Å²) >= 11 is 0. The molecule has 6 nitrogen and oxygen atoms in total. The van der Waals surface area contributed by atoms with E-state index in [1.165, 1.54) is 0 Å². The lowest BCUT2D eigenvalue weighted by Crippen LogP contribution is -2.52. The Morgan fingerprint density at radius 2 is 1.95 bits per heavy atom. The van der Waals surface area contributed by atoms with Crippen LogP contribution in [0.2, 0.25) is 0 Å². The third-order valence-electron chi connectivity index (χ3n) is 3.18. The lowest BCUT2D eigenvalue weighted by Gasteiger charge is -2.32. The van der Waals surface area contributed by atoms with E-state index in [-0.39, 0.29) is 17.8 Å². The first-order valence-electron chi connectivity index (χ1n) is 6.76. The van der Waals surface area contributed by atoms with Crippen LogP contribution in [-0.4, -0.2) is 36.7 Å². The Bertz CT molecular complexity index is 300. The predicted molar refractivity (Wildman–Crippen MR) is 75.1 cm³/mol. The van der Waals surface area contributed by atoms with Crippen LogP contribution in [0.4, 0.5) is 0 Å². The number of amidine groups is 1. The van der Waals surface area contributed by atoms with Crippen molar-refractivity contribution in [2.75, 3.05) is 13.7 Å². The summed E-state index contributed by atoms with van der Waals surface area (Å²) in [5.74, 6) is -0.214. The molecule has 19 heavy (non-hydrogen) atoms. The van der Waals surface area contributed by atoms with E-state index in [1.54, 1.807) is 7.11 Å². The molecule has 0 bridgehead atoms. The second-order valence-corrected chi connectivity index (χ2v) is 4.90. The third kappa shape index (κ3) is 4.70. The average Bonchev–Trinajstić information content (AvgIpc) is 2.37. The topological polar surface area (TPSA) is 96.9 Å². The van der Waals surface area contributed by atoms with Gasteiger partial charge in [-0.25, -0.2) is 0 Å². The standard InChI is InChI=1S/C13H27N3O3/c1-5-7-13(8-6-2,11(14)16-18)12(17)15-10(3)9-19-4/h10,18H,5-9H2,1-4H3,(H2,14,16)(H,15,17). The molecule has 0 aliphatic carbocycles. The molecule has 1 unspecified atom stereocenters. The molecule has 0 rings (SSSR count). The quantitative estimate of drug-likeness (QED) is 0.256. The van der Waals surface area contributed by atoms with Gasteiger partial charge in [-0.3, -0.25) is 4.79 Å². The van der Waals surface area contributed by atoms with Crippen molar-refractivity contribution in [1.29, 1.82) is 0 Å². The maximum Gasteiger partial charge on any atom is 0.234 e. The Morgan fingerprint density at radius 1 is 1.42 bits per heavy atom. The second-order valence-electron chi connectivity index (χ2n) is 4.90. The summed E-state index contributed by atoms with van der Waals surface area (Å²) in [7, 11) is 1.58. The summed E-state index contributed by atoms with van der Waals surface area (Å²) < 4.78 is 5.00. The van der Waals surface area contributed by atoms with Crippen LogP contribution in [0.1, 0.15) is 46.5 Å². The Balaban J connectivity index is 5.14. The molecule has 1 atom stereocenters. The summed E-state index contributed by atoms with van der Waals surface area (Å²) in [6, 6.07) is -0.114. The minimum absolute atomic E-state index is 0.0154. The number of oxime groups is 1. The Kier molecular flexibility index (Phi) is 8.14. The molecule has 0 aromatic rings. The SMILES string of the molecule is CCCC(CCC)(C(=O)NC(C)COC)C(N)=NO. The van der Waals surface area contributed by atoms with E-state index in [0.717, 1.165) is 12.8 Å². The zero-order valence-corrected chi connectivity index (χ0v) is 12.4. The fourth-order valence-corrected chi connectivity index (χ4v) is 2.33. The number of methoxy groups -OCH3 is 1. The van der Waals surface area contributed by atoms with Crippen molar-refractivity contribution in [1.82, 2.24) is 5.32 Å². The molecule has 0 saturated carbocycles. The molecule has 0 radical (unpaired) electrons. The first-order chi connectivity index (χ1) is 8.98. The average molecular weight is 273 g/mol. The number of nitrogens with zero attached hydrogens (tertiary/aromatic N) is 1. The van der Waals surface area contributed by atoms with Crippen LogP contribution in [0.3, 0.4) is 0 Å². The van der Waals surface area contributed by atoms with Gasteiger partial charge in [-0.1, -0.05) is 31.8 Å². The van der Waals surface area contributed by atoms with Gasteiger partial charge in [0.25, 0.3) is 0 Å². The van der Waals surface area contributed by atoms with E-state index >= 15 is 0 Å².